The van der Waals surface area contributed by atoms with E-state index in [9.17, 15) is 4.79 Å². The number of carbonyl (C=O) groups is 1. The highest BCUT2D eigenvalue weighted by atomic mass is 32.1. The maximum Gasteiger partial charge on any atom is 0.220 e. The number of aryl methyl sites for hydroxylation is 1. The van der Waals surface area contributed by atoms with Crippen molar-refractivity contribution in [2.75, 3.05) is 6.54 Å². The molecule has 2 rings (SSSR count). The number of thiophene rings is 1. The van der Waals surface area contributed by atoms with Gasteiger partial charge in [-0.15, -0.1) is 11.3 Å². The second kappa shape index (κ2) is 7.41. The standard InChI is InChI=1S/C16H21NO2S/c1-12(18)9-10-17-16(19)8-4-5-13-11-20-15-7-3-2-6-14(13)15/h2-3,6-7,11-12,18H,4-5,8-10H2,1H3,(H,17,19). The minimum atomic E-state index is -0.354. The van der Waals surface area contributed by atoms with Gasteiger partial charge in [0.25, 0.3) is 0 Å². The molecule has 3 nitrogen and oxygen atoms in total. The van der Waals surface area contributed by atoms with Crippen LogP contribution in [0.5, 0.6) is 0 Å². The predicted molar refractivity (Wildman–Crippen MR) is 84.1 cm³/mol. The lowest BCUT2D eigenvalue weighted by atomic mass is 10.1. The number of aliphatic hydroxyl groups is 1. The van der Waals surface area contributed by atoms with E-state index in [2.05, 4.69) is 35.0 Å². The molecule has 0 radical (unpaired) electrons. The highest BCUT2D eigenvalue weighted by Gasteiger charge is 2.06. The molecule has 2 aromatic rings. The van der Waals surface area contributed by atoms with E-state index in [1.165, 1.54) is 15.6 Å². The number of benzene rings is 1. The van der Waals surface area contributed by atoms with E-state index >= 15 is 0 Å². The van der Waals surface area contributed by atoms with Crippen LogP contribution in [-0.2, 0) is 11.2 Å². The summed E-state index contributed by atoms with van der Waals surface area (Å²) in [6.45, 7) is 2.28. The molecule has 0 saturated heterocycles. The van der Waals surface area contributed by atoms with Crippen LogP contribution < -0.4 is 5.32 Å². The molecule has 0 spiro atoms. The van der Waals surface area contributed by atoms with Crippen molar-refractivity contribution in [1.82, 2.24) is 5.32 Å². The lowest BCUT2D eigenvalue weighted by molar-refractivity contribution is -0.121. The molecule has 0 aliphatic heterocycles. The van der Waals surface area contributed by atoms with Crippen LogP contribution in [0.15, 0.2) is 29.6 Å². The Morgan fingerprint density at radius 1 is 1.40 bits per heavy atom. The molecule has 1 aromatic carbocycles. The molecule has 0 fully saturated rings. The zero-order valence-electron chi connectivity index (χ0n) is 11.8. The maximum absolute atomic E-state index is 11.6. The normalized spacial score (nSPS) is 12.5. The van der Waals surface area contributed by atoms with Crippen molar-refractivity contribution >= 4 is 27.3 Å². The number of amides is 1. The van der Waals surface area contributed by atoms with Crippen molar-refractivity contribution in [3.8, 4) is 0 Å². The molecule has 2 N–H and O–H groups in total. The van der Waals surface area contributed by atoms with E-state index in [1.807, 2.05) is 0 Å². The summed E-state index contributed by atoms with van der Waals surface area (Å²) in [6.07, 6.45) is 2.60. The smallest absolute Gasteiger partial charge is 0.220 e. The fourth-order valence-corrected chi connectivity index (χ4v) is 3.17. The molecular formula is C16H21NO2S. The van der Waals surface area contributed by atoms with Crippen LogP contribution in [0.25, 0.3) is 10.1 Å². The lowest BCUT2D eigenvalue weighted by Crippen LogP contribution is -2.26. The molecule has 4 heteroatoms. The van der Waals surface area contributed by atoms with Crippen molar-refractivity contribution in [2.45, 2.75) is 38.7 Å². The molecule has 1 heterocycles. The molecule has 1 aromatic heterocycles. The number of fused-ring (bicyclic) bond motifs is 1. The topological polar surface area (TPSA) is 49.3 Å². The third-order valence-corrected chi connectivity index (χ3v) is 4.31. The number of aliphatic hydroxyl groups excluding tert-OH is 1. The fraction of sp³-hybridized carbons (Fsp3) is 0.438. The van der Waals surface area contributed by atoms with Crippen LogP contribution in [0, 0.1) is 0 Å². The summed E-state index contributed by atoms with van der Waals surface area (Å²) < 4.78 is 1.31. The molecule has 0 aliphatic carbocycles. The number of nitrogens with one attached hydrogen (secondary N) is 1. The number of hydrogen-bond donors (Lipinski definition) is 2. The average Bonchev–Trinajstić information content (AvgIpc) is 2.82. The Morgan fingerprint density at radius 3 is 3.00 bits per heavy atom. The van der Waals surface area contributed by atoms with E-state index in [4.69, 9.17) is 5.11 Å². The third kappa shape index (κ3) is 4.32. The SMILES string of the molecule is CC(O)CCNC(=O)CCCc1csc2ccccc12. The van der Waals surface area contributed by atoms with Crippen LogP contribution in [0.4, 0.5) is 0 Å². The third-order valence-electron chi connectivity index (χ3n) is 3.30. The van der Waals surface area contributed by atoms with E-state index in [1.54, 1.807) is 18.3 Å². The van der Waals surface area contributed by atoms with Crippen molar-refractivity contribution in [2.24, 2.45) is 0 Å². The minimum absolute atomic E-state index is 0.0742. The minimum Gasteiger partial charge on any atom is -0.393 e. The van der Waals surface area contributed by atoms with Crippen LogP contribution in [0.3, 0.4) is 0 Å². The summed E-state index contributed by atoms with van der Waals surface area (Å²) in [4.78, 5) is 11.6. The van der Waals surface area contributed by atoms with Gasteiger partial charge in [0.05, 0.1) is 6.10 Å². The molecule has 1 atom stereocenters. The number of hydrogen-bond acceptors (Lipinski definition) is 3. The Labute approximate surface area is 123 Å². The quantitative estimate of drug-likeness (QED) is 0.823. The van der Waals surface area contributed by atoms with Crippen molar-refractivity contribution < 1.29 is 9.90 Å². The van der Waals surface area contributed by atoms with E-state index < -0.39 is 0 Å². The van der Waals surface area contributed by atoms with Crippen molar-refractivity contribution in [3.63, 3.8) is 0 Å². The second-order valence-electron chi connectivity index (χ2n) is 5.10. The Morgan fingerprint density at radius 2 is 2.20 bits per heavy atom. The summed E-state index contributed by atoms with van der Waals surface area (Å²) in [5.74, 6) is 0.0742. The molecule has 20 heavy (non-hydrogen) atoms. The summed E-state index contributed by atoms with van der Waals surface area (Å²) >= 11 is 1.76. The highest BCUT2D eigenvalue weighted by Crippen LogP contribution is 2.26. The van der Waals surface area contributed by atoms with Gasteiger partial charge in [0.15, 0.2) is 0 Å². The zero-order chi connectivity index (χ0) is 14.4. The van der Waals surface area contributed by atoms with Gasteiger partial charge in [-0.1, -0.05) is 18.2 Å². The largest absolute Gasteiger partial charge is 0.393 e. The van der Waals surface area contributed by atoms with Gasteiger partial charge < -0.3 is 10.4 Å². The van der Waals surface area contributed by atoms with Gasteiger partial charge in [-0.25, -0.2) is 0 Å². The van der Waals surface area contributed by atoms with E-state index in [-0.39, 0.29) is 12.0 Å². The van der Waals surface area contributed by atoms with E-state index in [0.717, 1.165) is 12.8 Å². The highest BCUT2D eigenvalue weighted by molar-refractivity contribution is 7.17. The van der Waals surface area contributed by atoms with Gasteiger partial charge >= 0.3 is 0 Å². The first-order valence-corrected chi connectivity index (χ1v) is 7.94. The number of rotatable bonds is 7. The monoisotopic (exact) mass is 291 g/mol. The Balaban J connectivity index is 1.74. The summed E-state index contributed by atoms with van der Waals surface area (Å²) in [6, 6.07) is 8.38. The van der Waals surface area contributed by atoms with Gasteiger partial charge in [-0.3, -0.25) is 4.79 Å². The van der Waals surface area contributed by atoms with Crippen LogP contribution in [-0.4, -0.2) is 23.7 Å². The first kappa shape index (κ1) is 15.0. The zero-order valence-corrected chi connectivity index (χ0v) is 12.6. The summed E-state index contributed by atoms with van der Waals surface area (Å²) in [7, 11) is 0. The van der Waals surface area contributed by atoms with Gasteiger partial charge in [0.2, 0.25) is 5.91 Å². The molecule has 0 aliphatic rings. The molecule has 1 amide bonds. The molecule has 0 saturated carbocycles. The van der Waals surface area contributed by atoms with Gasteiger partial charge in [-0.05, 0) is 48.6 Å². The van der Waals surface area contributed by atoms with Crippen molar-refractivity contribution in [3.05, 3.63) is 35.2 Å². The lowest BCUT2D eigenvalue weighted by Gasteiger charge is -2.06. The predicted octanol–water partition coefficient (Wildman–Crippen LogP) is 3.11. The molecule has 108 valence electrons. The van der Waals surface area contributed by atoms with Crippen molar-refractivity contribution in [1.29, 1.82) is 0 Å². The Hall–Kier alpha value is -1.39. The summed E-state index contributed by atoms with van der Waals surface area (Å²) in [5.41, 5.74) is 1.34. The van der Waals surface area contributed by atoms with Gasteiger partial charge in [0.1, 0.15) is 0 Å². The number of carbonyl (C=O) groups excluding carboxylic acids is 1. The molecule has 0 bridgehead atoms. The Bertz CT molecular complexity index is 562. The van der Waals surface area contributed by atoms with Gasteiger partial charge in [0, 0.05) is 17.7 Å². The van der Waals surface area contributed by atoms with Gasteiger partial charge in [-0.2, -0.15) is 0 Å². The molecular weight excluding hydrogens is 270 g/mol. The van der Waals surface area contributed by atoms with Crippen LogP contribution in [0.2, 0.25) is 0 Å². The fourth-order valence-electron chi connectivity index (χ4n) is 2.17. The van der Waals surface area contributed by atoms with Crippen LogP contribution in [0.1, 0.15) is 31.7 Å². The van der Waals surface area contributed by atoms with E-state index in [0.29, 0.717) is 19.4 Å². The maximum atomic E-state index is 11.6. The Kier molecular flexibility index (Phi) is 5.56. The average molecular weight is 291 g/mol. The molecule has 1 unspecified atom stereocenters. The first-order valence-electron chi connectivity index (χ1n) is 7.06. The first-order chi connectivity index (χ1) is 9.66. The summed E-state index contributed by atoms with van der Waals surface area (Å²) in [5, 5.41) is 15.5. The van der Waals surface area contributed by atoms with Crippen LogP contribution >= 0.6 is 11.3 Å². The second-order valence-corrected chi connectivity index (χ2v) is 6.01.